The van der Waals surface area contributed by atoms with E-state index < -0.39 is 0 Å². The Morgan fingerprint density at radius 1 is 0.639 bits per heavy atom. The van der Waals surface area contributed by atoms with Crippen LogP contribution in [0.1, 0.15) is 19.8 Å². The number of rotatable bonds is 7. The minimum atomic E-state index is 0.577. The van der Waals surface area contributed by atoms with Crippen LogP contribution in [0.15, 0.2) is 84.9 Å². The van der Waals surface area contributed by atoms with Crippen LogP contribution < -0.4 is 4.74 Å². The van der Waals surface area contributed by atoms with E-state index >= 15 is 0 Å². The quantitative estimate of drug-likeness (QED) is 0.195. The first-order valence-corrected chi connectivity index (χ1v) is 12.9. The molecule has 0 fully saturated rings. The Labute approximate surface area is 225 Å². The van der Waals surface area contributed by atoms with Crippen molar-refractivity contribution in [2.24, 2.45) is 0 Å². The van der Waals surface area contributed by atoms with Gasteiger partial charge in [0.25, 0.3) is 0 Å². The Bertz CT molecular complexity index is 1450. The number of nitrogens with zero attached hydrogens (tertiary/aromatic N) is 2. The van der Waals surface area contributed by atoms with Crippen LogP contribution in [0.2, 0.25) is 15.1 Å². The summed E-state index contributed by atoms with van der Waals surface area (Å²) >= 11 is 18.5. The molecule has 0 unspecified atom stereocenters. The topological polar surface area (TPSA) is 35.0 Å². The van der Waals surface area contributed by atoms with E-state index in [1.807, 2.05) is 66.7 Å². The van der Waals surface area contributed by atoms with Crippen LogP contribution in [-0.2, 0) is 0 Å². The molecule has 0 amide bonds. The van der Waals surface area contributed by atoms with Crippen LogP contribution in [0.3, 0.4) is 0 Å². The van der Waals surface area contributed by atoms with Gasteiger partial charge in [-0.25, -0.2) is 9.97 Å². The highest BCUT2D eigenvalue weighted by molar-refractivity contribution is 6.31. The highest BCUT2D eigenvalue weighted by Gasteiger charge is 2.15. The van der Waals surface area contributed by atoms with Gasteiger partial charge in [0.15, 0.2) is 0 Å². The molecule has 2 aromatic heterocycles. The summed E-state index contributed by atoms with van der Waals surface area (Å²) in [5.41, 5.74) is 6.22. The van der Waals surface area contributed by atoms with Gasteiger partial charge in [0.1, 0.15) is 0 Å². The summed E-state index contributed by atoms with van der Waals surface area (Å²) in [5.74, 6) is 0.577. The van der Waals surface area contributed by atoms with Crippen LogP contribution >= 0.6 is 34.8 Å². The number of hydrogen-bond acceptors (Lipinski definition) is 3. The first kappa shape index (κ1) is 24.6. The summed E-state index contributed by atoms with van der Waals surface area (Å²) in [7, 11) is 0. The van der Waals surface area contributed by atoms with Crippen molar-refractivity contribution in [2.45, 2.75) is 19.8 Å². The fraction of sp³-hybridized carbons (Fsp3) is 0.133. The molecule has 180 valence electrons. The average Bonchev–Trinajstić information content (AvgIpc) is 2.89. The van der Waals surface area contributed by atoms with Crippen molar-refractivity contribution in [3.63, 3.8) is 0 Å². The highest BCUT2D eigenvalue weighted by atomic mass is 35.5. The fourth-order valence-corrected chi connectivity index (χ4v) is 4.39. The molecular weight excluding hydrogens is 511 g/mol. The minimum Gasteiger partial charge on any atom is -0.477 e. The standard InChI is InChI=1S/C30H23Cl3N2O/c1-2-3-14-36-30-26(15-21-8-13-25(33)18-29(21)35-30)22-16-27(19-4-9-23(31)10-5-19)34-28(17-22)20-6-11-24(32)12-7-20/h4-13,15-18H,2-3,14H2,1H3. The van der Waals surface area contributed by atoms with Gasteiger partial charge >= 0.3 is 0 Å². The second kappa shape index (κ2) is 10.9. The van der Waals surface area contributed by atoms with Gasteiger partial charge < -0.3 is 4.74 Å². The van der Waals surface area contributed by atoms with Gasteiger partial charge in [0.2, 0.25) is 5.88 Å². The van der Waals surface area contributed by atoms with Crippen LogP contribution in [0.4, 0.5) is 0 Å². The lowest BCUT2D eigenvalue weighted by atomic mass is 9.99. The SMILES string of the molecule is CCCCOc1nc2cc(Cl)ccc2cc1-c1cc(-c2ccc(Cl)cc2)nc(-c2ccc(Cl)cc2)c1. The van der Waals surface area contributed by atoms with Crippen LogP contribution in [0.5, 0.6) is 5.88 Å². The van der Waals surface area contributed by atoms with Crippen LogP contribution in [0.25, 0.3) is 44.5 Å². The predicted molar refractivity (Wildman–Crippen MR) is 151 cm³/mol. The molecule has 36 heavy (non-hydrogen) atoms. The lowest BCUT2D eigenvalue weighted by Gasteiger charge is -2.15. The molecule has 6 heteroatoms. The summed E-state index contributed by atoms with van der Waals surface area (Å²) in [6, 6.07) is 27.3. The summed E-state index contributed by atoms with van der Waals surface area (Å²) in [6.45, 7) is 2.72. The average molecular weight is 534 g/mol. The molecule has 0 bridgehead atoms. The Hall–Kier alpha value is -3.11. The molecule has 5 aromatic rings. The van der Waals surface area contributed by atoms with Gasteiger partial charge in [0.05, 0.1) is 23.5 Å². The highest BCUT2D eigenvalue weighted by Crippen LogP contribution is 2.37. The van der Waals surface area contributed by atoms with Gasteiger partial charge in [-0.15, -0.1) is 0 Å². The van der Waals surface area contributed by atoms with E-state index in [1.165, 1.54) is 0 Å². The first-order valence-electron chi connectivity index (χ1n) is 11.8. The monoisotopic (exact) mass is 532 g/mol. The van der Waals surface area contributed by atoms with Crippen molar-refractivity contribution < 1.29 is 4.74 Å². The molecule has 0 atom stereocenters. The number of benzene rings is 3. The smallest absolute Gasteiger partial charge is 0.221 e. The summed E-state index contributed by atoms with van der Waals surface area (Å²) in [4.78, 5) is 9.82. The molecule has 0 radical (unpaired) electrons. The number of fused-ring (bicyclic) bond motifs is 1. The molecule has 0 aliphatic rings. The Balaban J connectivity index is 1.72. The maximum absolute atomic E-state index is 6.25. The molecule has 0 spiro atoms. The van der Waals surface area contributed by atoms with E-state index in [0.717, 1.165) is 57.4 Å². The molecule has 0 saturated heterocycles. The molecule has 3 nitrogen and oxygen atoms in total. The van der Waals surface area contributed by atoms with E-state index in [0.29, 0.717) is 27.6 Å². The lowest BCUT2D eigenvalue weighted by molar-refractivity contribution is 0.300. The van der Waals surface area contributed by atoms with E-state index in [1.54, 1.807) is 0 Å². The van der Waals surface area contributed by atoms with Crippen molar-refractivity contribution in [1.82, 2.24) is 9.97 Å². The molecule has 5 rings (SSSR count). The van der Waals surface area contributed by atoms with Gasteiger partial charge in [-0.3, -0.25) is 0 Å². The number of hydrogen-bond donors (Lipinski definition) is 0. The number of pyridine rings is 2. The molecule has 0 aliphatic heterocycles. The van der Waals surface area contributed by atoms with E-state index in [9.17, 15) is 0 Å². The van der Waals surface area contributed by atoms with E-state index in [4.69, 9.17) is 49.5 Å². The summed E-state index contributed by atoms with van der Waals surface area (Å²) in [5, 5.41) is 2.98. The van der Waals surface area contributed by atoms with Crippen molar-refractivity contribution in [3.05, 3.63) is 100.0 Å². The van der Waals surface area contributed by atoms with Gasteiger partial charge in [-0.05, 0) is 66.6 Å². The Kier molecular flexibility index (Phi) is 7.43. The first-order chi connectivity index (χ1) is 17.5. The lowest BCUT2D eigenvalue weighted by Crippen LogP contribution is -2.01. The van der Waals surface area contributed by atoms with E-state index in [2.05, 4.69) is 25.1 Å². The largest absolute Gasteiger partial charge is 0.477 e. The Morgan fingerprint density at radius 3 is 1.81 bits per heavy atom. The van der Waals surface area contributed by atoms with Gasteiger partial charge in [-0.1, -0.05) is 78.5 Å². The molecule has 3 aromatic carbocycles. The number of aromatic nitrogens is 2. The second-order valence-corrected chi connectivity index (χ2v) is 9.83. The molecule has 0 N–H and O–H groups in total. The molecular formula is C30H23Cl3N2O. The number of ether oxygens (including phenoxy) is 1. The summed E-state index contributed by atoms with van der Waals surface area (Å²) in [6.07, 6.45) is 1.97. The molecule has 0 saturated carbocycles. The third kappa shape index (κ3) is 5.49. The van der Waals surface area contributed by atoms with Gasteiger partial charge in [-0.2, -0.15) is 0 Å². The number of unbranched alkanes of at least 4 members (excludes halogenated alkanes) is 1. The fourth-order valence-electron chi connectivity index (χ4n) is 3.98. The third-order valence-corrected chi connectivity index (χ3v) is 6.64. The summed E-state index contributed by atoms with van der Waals surface area (Å²) < 4.78 is 6.19. The minimum absolute atomic E-state index is 0.577. The zero-order valence-electron chi connectivity index (χ0n) is 19.6. The van der Waals surface area contributed by atoms with Crippen molar-refractivity contribution >= 4 is 45.7 Å². The van der Waals surface area contributed by atoms with Crippen molar-refractivity contribution in [2.75, 3.05) is 6.61 Å². The van der Waals surface area contributed by atoms with Crippen molar-refractivity contribution in [1.29, 1.82) is 0 Å². The zero-order valence-corrected chi connectivity index (χ0v) is 21.9. The van der Waals surface area contributed by atoms with Crippen LogP contribution in [-0.4, -0.2) is 16.6 Å². The maximum atomic E-state index is 6.25. The maximum Gasteiger partial charge on any atom is 0.221 e. The number of halogens is 3. The molecule has 0 aliphatic carbocycles. The van der Waals surface area contributed by atoms with Gasteiger partial charge in [0, 0.05) is 37.1 Å². The second-order valence-electron chi connectivity index (χ2n) is 8.52. The zero-order chi connectivity index (χ0) is 25.1. The molecule has 2 heterocycles. The normalized spacial score (nSPS) is 11.1. The third-order valence-electron chi connectivity index (χ3n) is 5.90. The predicted octanol–water partition coefficient (Wildman–Crippen LogP) is 9.77. The Morgan fingerprint density at radius 2 is 1.22 bits per heavy atom. The van der Waals surface area contributed by atoms with Crippen molar-refractivity contribution in [3.8, 4) is 39.5 Å². The van der Waals surface area contributed by atoms with Crippen LogP contribution in [0, 0.1) is 0 Å². The van der Waals surface area contributed by atoms with E-state index in [-0.39, 0.29) is 0 Å².